The van der Waals surface area contributed by atoms with Crippen molar-refractivity contribution in [2.75, 3.05) is 0 Å². The lowest BCUT2D eigenvalue weighted by molar-refractivity contribution is 0.426. The van der Waals surface area contributed by atoms with Gasteiger partial charge in [0.25, 0.3) is 0 Å². The van der Waals surface area contributed by atoms with Gasteiger partial charge in [-0.05, 0) is 28.1 Å². The summed E-state index contributed by atoms with van der Waals surface area (Å²) in [5.41, 5.74) is 4.05. The molecule has 0 saturated carbocycles. The molecule has 2 rings (SSSR count). The minimum atomic E-state index is -1.40. The van der Waals surface area contributed by atoms with Crippen molar-refractivity contribution < 1.29 is 10.0 Å². The number of hydrogen-bond acceptors (Lipinski definition) is 2. The molecule has 0 spiro atoms. The van der Waals surface area contributed by atoms with E-state index in [0.717, 1.165) is 11.1 Å². The Hall–Kier alpha value is -1.58. The van der Waals surface area contributed by atoms with E-state index in [1.54, 1.807) is 12.1 Å². The Bertz CT molecular complexity index is 452. The molecule has 0 aliphatic heterocycles. The minimum absolute atomic E-state index is 0.512. The highest BCUT2D eigenvalue weighted by molar-refractivity contribution is 6.58. The lowest BCUT2D eigenvalue weighted by Gasteiger charge is -2.07. The number of rotatable bonds is 3. The topological polar surface area (TPSA) is 40.5 Å². The molecule has 3 heteroatoms. The largest absolute Gasteiger partial charge is 0.488 e. The molecule has 0 amide bonds. The van der Waals surface area contributed by atoms with Crippen LogP contribution in [0.25, 0.3) is 11.1 Å². The number of hydrogen-bond donors (Lipinski definition) is 2. The Kier molecular flexibility index (Phi) is 3.85. The average molecular weight is 240 g/mol. The van der Waals surface area contributed by atoms with Crippen LogP contribution in [0, 0.1) is 0 Å². The van der Waals surface area contributed by atoms with E-state index in [9.17, 15) is 0 Å². The Labute approximate surface area is 108 Å². The van der Waals surface area contributed by atoms with Gasteiger partial charge < -0.3 is 10.0 Å². The third kappa shape index (κ3) is 2.81. The van der Waals surface area contributed by atoms with Crippen molar-refractivity contribution in [3.63, 3.8) is 0 Å². The lowest BCUT2D eigenvalue weighted by Crippen LogP contribution is -2.29. The van der Waals surface area contributed by atoms with Gasteiger partial charge in [-0.15, -0.1) is 0 Å². The van der Waals surface area contributed by atoms with E-state index in [0.29, 0.717) is 11.4 Å². The summed E-state index contributed by atoms with van der Waals surface area (Å²) in [4.78, 5) is 0. The fourth-order valence-electron chi connectivity index (χ4n) is 1.91. The summed E-state index contributed by atoms with van der Waals surface area (Å²) in [6, 6.07) is 15.7. The predicted molar refractivity (Wildman–Crippen MR) is 75.8 cm³/mol. The first-order valence-electron chi connectivity index (χ1n) is 6.14. The van der Waals surface area contributed by atoms with Crippen molar-refractivity contribution >= 4 is 12.6 Å². The van der Waals surface area contributed by atoms with Gasteiger partial charge in [-0.2, -0.15) is 0 Å². The van der Waals surface area contributed by atoms with E-state index in [-0.39, 0.29) is 0 Å². The second kappa shape index (κ2) is 5.38. The summed E-state index contributed by atoms with van der Waals surface area (Å²) < 4.78 is 0. The molecule has 0 heterocycles. The summed E-state index contributed by atoms with van der Waals surface area (Å²) in [7, 11) is -1.40. The SMILES string of the molecule is CC(C)c1ccc(-c2ccc(B(O)O)cc2)cc1. The van der Waals surface area contributed by atoms with Crippen LogP contribution in [0.2, 0.25) is 0 Å². The first kappa shape index (κ1) is 12.9. The summed E-state index contributed by atoms with van der Waals surface area (Å²) in [6.45, 7) is 4.35. The molecule has 0 saturated heterocycles. The smallest absolute Gasteiger partial charge is 0.423 e. The van der Waals surface area contributed by atoms with Crippen LogP contribution in [0.5, 0.6) is 0 Å². The van der Waals surface area contributed by atoms with Crippen LogP contribution in [0.15, 0.2) is 48.5 Å². The van der Waals surface area contributed by atoms with Gasteiger partial charge in [0.05, 0.1) is 0 Å². The highest BCUT2D eigenvalue weighted by atomic mass is 16.4. The molecular formula is C15H17BO2. The van der Waals surface area contributed by atoms with Crippen LogP contribution >= 0.6 is 0 Å². The molecule has 0 atom stereocenters. The zero-order valence-corrected chi connectivity index (χ0v) is 10.7. The van der Waals surface area contributed by atoms with Crippen LogP contribution in [0.1, 0.15) is 25.3 Å². The first-order valence-corrected chi connectivity index (χ1v) is 6.14. The molecule has 0 bridgehead atoms. The fraction of sp³-hybridized carbons (Fsp3) is 0.200. The Balaban J connectivity index is 2.25. The molecule has 0 aromatic heterocycles. The van der Waals surface area contributed by atoms with Crippen LogP contribution in [0.3, 0.4) is 0 Å². The van der Waals surface area contributed by atoms with Crippen LogP contribution in [0.4, 0.5) is 0 Å². The quantitative estimate of drug-likeness (QED) is 0.807. The molecule has 18 heavy (non-hydrogen) atoms. The normalized spacial score (nSPS) is 10.7. The highest BCUT2D eigenvalue weighted by Crippen LogP contribution is 2.21. The zero-order valence-electron chi connectivity index (χ0n) is 10.7. The van der Waals surface area contributed by atoms with Crippen molar-refractivity contribution in [1.29, 1.82) is 0 Å². The van der Waals surface area contributed by atoms with Crippen molar-refractivity contribution in [3.8, 4) is 11.1 Å². The summed E-state index contributed by atoms with van der Waals surface area (Å²) >= 11 is 0. The molecule has 2 aromatic carbocycles. The Morgan fingerprint density at radius 3 is 1.61 bits per heavy atom. The second-order valence-corrected chi connectivity index (χ2v) is 4.77. The van der Waals surface area contributed by atoms with Crippen LogP contribution in [-0.4, -0.2) is 17.2 Å². The van der Waals surface area contributed by atoms with Gasteiger partial charge in [-0.25, -0.2) is 0 Å². The van der Waals surface area contributed by atoms with Gasteiger partial charge in [0.2, 0.25) is 0 Å². The molecule has 0 radical (unpaired) electrons. The standard InChI is InChI=1S/C15H17BO2/c1-11(2)12-3-5-13(6-4-12)14-7-9-15(10-8-14)16(17)18/h3-11,17-18H,1-2H3. The second-order valence-electron chi connectivity index (χ2n) is 4.77. The molecule has 92 valence electrons. The van der Waals surface area contributed by atoms with Gasteiger partial charge in [-0.3, -0.25) is 0 Å². The molecule has 2 nitrogen and oxygen atoms in total. The molecule has 0 aliphatic rings. The first-order chi connectivity index (χ1) is 8.58. The fourth-order valence-corrected chi connectivity index (χ4v) is 1.91. The maximum atomic E-state index is 9.04. The Morgan fingerprint density at radius 2 is 1.22 bits per heavy atom. The van der Waals surface area contributed by atoms with Crippen LogP contribution < -0.4 is 5.46 Å². The van der Waals surface area contributed by atoms with Gasteiger partial charge in [0.15, 0.2) is 0 Å². The third-order valence-corrected chi connectivity index (χ3v) is 3.12. The average Bonchev–Trinajstić information content (AvgIpc) is 2.39. The Morgan fingerprint density at radius 1 is 0.778 bits per heavy atom. The van der Waals surface area contributed by atoms with Gasteiger partial charge in [-0.1, -0.05) is 62.4 Å². The predicted octanol–water partition coefficient (Wildman–Crippen LogP) is 2.16. The van der Waals surface area contributed by atoms with E-state index in [4.69, 9.17) is 10.0 Å². The molecular weight excluding hydrogens is 223 g/mol. The van der Waals surface area contributed by atoms with Gasteiger partial charge in [0.1, 0.15) is 0 Å². The van der Waals surface area contributed by atoms with Gasteiger partial charge in [0, 0.05) is 0 Å². The third-order valence-electron chi connectivity index (χ3n) is 3.12. The summed E-state index contributed by atoms with van der Waals surface area (Å²) in [5, 5.41) is 18.1. The van der Waals surface area contributed by atoms with E-state index in [2.05, 4.69) is 38.1 Å². The van der Waals surface area contributed by atoms with E-state index in [1.165, 1.54) is 5.56 Å². The maximum Gasteiger partial charge on any atom is 0.488 e. The molecule has 0 unspecified atom stereocenters. The molecule has 0 fully saturated rings. The van der Waals surface area contributed by atoms with Gasteiger partial charge >= 0.3 is 7.12 Å². The molecule has 2 N–H and O–H groups in total. The summed E-state index contributed by atoms with van der Waals surface area (Å²) in [5.74, 6) is 0.533. The van der Waals surface area contributed by atoms with Crippen molar-refractivity contribution in [3.05, 3.63) is 54.1 Å². The van der Waals surface area contributed by atoms with Crippen LogP contribution in [-0.2, 0) is 0 Å². The maximum absolute atomic E-state index is 9.04. The van der Waals surface area contributed by atoms with Crippen molar-refractivity contribution in [2.24, 2.45) is 0 Å². The lowest BCUT2D eigenvalue weighted by atomic mass is 9.80. The number of benzene rings is 2. The van der Waals surface area contributed by atoms with E-state index >= 15 is 0 Å². The molecule has 0 aliphatic carbocycles. The van der Waals surface area contributed by atoms with Crippen molar-refractivity contribution in [2.45, 2.75) is 19.8 Å². The monoisotopic (exact) mass is 240 g/mol. The minimum Gasteiger partial charge on any atom is -0.423 e. The summed E-state index contributed by atoms with van der Waals surface area (Å²) in [6.07, 6.45) is 0. The zero-order chi connectivity index (χ0) is 13.1. The highest BCUT2D eigenvalue weighted by Gasteiger charge is 2.10. The molecule has 2 aromatic rings. The van der Waals surface area contributed by atoms with Crippen molar-refractivity contribution in [1.82, 2.24) is 0 Å². The van der Waals surface area contributed by atoms with E-state index < -0.39 is 7.12 Å². The van der Waals surface area contributed by atoms with E-state index in [1.807, 2.05) is 12.1 Å².